The van der Waals surface area contributed by atoms with Gasteiger partial charge in [0.1, 0.15) is 5.69 Å². The lowest BCUT2D eigenvalue weighted by molar-refractivity contribution is -0.383. The number of urea groups is 1. The first-order valence-corrected chi connectivity index (χ1v) is 10.9. The van der Waals surface area contributed by atoms with Crippen molar-refractivity contribution in [1.82, 2.24) is 9.80 Å². The van der Waals surface area contributed by atoms with Gasteiger partial charge in [-0.15, -0.1) is 0 Å². The second kappa shape index (κ2) is 9.53. The lowest BCUT2D eigenvalue weighted by Crippen LogP contribution is -2.49. The van der Waals surface area contributed by atoms with Crippen LogP contribution < -0.4 is 10.2 Å². The number of para-hydroxylation sites is 1. The minimum Gasteiger partial charge on any atom is -0.371 e. The number of hydrogen-bond acceptors (Lipinski definition) is 5. The number of anilines is 2. The average molecular weight is 444 g/mol. The summed E-state index contributed by atoms with van der Waals surface area (Å²) in [7, 11) is 0. The molecule has 0 atom stereocenters. The van der Waals surface area contributed by atoms with E-state index in [9.17, 15) is 14.9 Å². The SMILES string of the molecule is O=C(Nc1ccc(Cl)cc1[N+](=O)[O-])N1CCN(Cc2ccccc2N2CCCC2)CC1. The first-order valence-electron chi connectivity index (χ1n) is 10.6. The molecule has 2 aliphatic rings. The Hall–Kier alpha value is -2.84. The van der Waals surface area contributed by atoms with Crippen LogP contribution in [0.5, 0.6) is 0 Å². The zero-order chi connectivity index (χ0) is 21.8. The smallest absolute Gasteiger partial charge is 0.322 e. The Bertz CT molecular complexity index is 956. The summed E-state index contributed by atoms with van der Waals surface area (Å²) >= 11 is 5.85. The Morgan fingerprint density at radius 2 is 1.74 bits per heavy atom. The topological polar surface area (TPSA) is 82.0 Å². The highest BCUT2D eigenvalue weighted by molar-refractivity contribution is 6.31. The number of hydrogen-bond donors (Lipinski definition) is 1. The fraction of sp³-hybridized carbons (Fsp3) is 0.409. The molecule has 0 aromatic heterocycles. The van der Waals surface area contributed by atoms with E-state index in [1.165, 1.54) is 42.3 Å². The third-order valence-corrected chi connectivity index (χ3v) is 6.12. The number of nitrogens with zero attached hydrogens (tertiary/aromatic N) is 4. The predicted molar refractivity (Wildman–Crippen MR) is 122 cm³/mol. The van der Waals surface area contributed by atoms with Gasteiger partial charge in [-0.25, -0.2) is 4.79 Å². The normalized spacial score (nSPS) is 17.1. The number of nitro groups is 1. The highest BCUT2D eigenvalue weighted by Gasteiger charge is 2.25. The summed E-state index contributed by atoms with van der Waals surface area (Å²) in [6, 6.07) is 12.5. The van der Waals surface area contributed by atoms with E-state index in [4.69, 9.17) is 11.6 Å². The highest BCUT2D eigenvalue weighted by atomic mass is 35.5. The summed E-state index contributed by atoms with van der Waals surface area (Å²) < 4.78 is 0. The summed E-state index contributed by atoms with van der Waals surface area (Å²) in [6.45, 7) is 5.72. The number of nitrogens with one attached hydrogen (secondary N) is 1. The number of amides is 2. The van der Waals surface area contributed by atoms with E-state index in [0.717, 1.165) is 32.7 Å². The molecular weight excluding hydrogens is 418 g/mol. The molecule has 2 aromatic carbocycles. The Morgan fingerprint density at radius 1 is 1.03 bits per heavy atom. The van der Waals surface area contributed by atoms with Gasteiger partial charge in [0.25, 0.3) is 5.69 Å². The first-order chi connectivity index (χ1) is 15.0. The van der Waals surface area contributed by atoms with Crippen LogP contribution in [0.1, 0.15) is 18.4 Å². The third-order valence-electron chi connectivity index (χ3n) is 5.89. The number of nitro benzene ring substituents is 1. The van der Waals surface area contributed by atoms with Crippen LogP contribution in [-0.4, -0.2) is 60.0 Å². The summed E-state index contributed by atoms with van der Waals surface area (Å²) in [4.78, 5) is 29.9. The summed E-state index contributed by atoms with van der Waals surface area (Å²) in [5.41, 5.74) is 2.58. The molecule has 2 amide bonds. The fourth-order valence-corrected chi connectivity index (χ4v) is 4.38. The molecule has 2 heterocycles. The molecule has 1 N–H and O–H groups in total. The van der Waals surface area contributed by atoms with Crippen molar-refractivity contribution in [2.45, 2.75) is 19.4 Å². The van der Waals surface area contributed by atoms with Gasteiger partial charge in [-0.05, 0) is 36.6 Å². The van der Waals surface area contributed by atoms with Crippen LogP contribution in [0.2, 0.25) is 5.02 Å². The largest absolute Gasteiger partial charge is 0.371 e. The van der Waals surface area contributed by atoms with Crippen LogP contribution in [0.15, 0.2) is 42.5 Å². The van der Waals surface area contributed by atoms with Crippen molar-refractivity contribution in [3.8, 4) is 0 Å². The van der Waals surface area contributed by atoms with Gasteiger partial charge >= 0.3 is 6.03 Å². The summed E-state index contributed by atoms with van der Waals surface area (Å²) in [6.07, 6.45) is 2.49. The zero-order valence-electron chi connectivity index (χ0n) is 17.3. The Kier molecular flexibility index (Phi) is 6.58. The molecular formula is C22H26ClN5O3. The Morgan fingerprint density at radius 3 is 2.45 bits per heavy atom. The van der Waals surface area contributed by atoms with Crippen LogP contribution in [0, 0.1) is 10.1 Å². The fourth-order valence-electron chi connectivity index (χ4n) is 4.22. The van der Waals surface area contributed by atoms with Gasteiger partial charge < -0.3 is 15.1 Å². The Labute approximate surface area is 186 Å². The molecule has 0 spiro atoms. The van der Waals surface area contributed by atoms with Crippen molar-refractivity contribution in [2.75, 3.05) is 49.5 Å². The number of carbonyl (C=O) groups excluding carboxylic acids is 1. The maximum absolute atomic E-state index is 12.7. The van der Waals surface area contributed by atoms with E-state index in [2.05, 4.69) is 39.4 Å². The molecule has 0 saturated carbocycles. The lowest BCUT2D eigenvalue weighted by atomic mass is 10.1. The van der Waals surface area contributed by atoms with Crippen molar-refractivity contribution in [2.24, 2.45) is 0 Å². The average Bonchev–Trinajstić information content (AvgIpc) is 3.30. The van der Waals surface area contributed by atoms with E-state index in [-0.39, 0.29) is 22.4 Å². The molecule has 0 radical (unpaired) electrons. The summed E-state index contributed by atoms with van der Waals surface area (Å²) in [5.74, 6) is 0. The number of carbonyl (C=O) groups is 1. The molecule has 2 aliphatic heterocycles. The van der Waals surface area contributed by atoms with Gasteiger partial charge in [0.2, 0.25) is 0 Å². The molecule has 9 heteroatoms. The van der Waals surface area contributed by atoms with Crippen LogP contribution in [0.25, 0.3) is 0 Å². The monoisotopic (exact) mass is 443 g/mol. The van der Waals surface area contributed by atoms with Gasteiger partial charge in [-0.3, -0.25) is 15.0 Å². The molecule has 2 fully saturated rings. The molecule has 2 aromatic rings. The van der Waals surface area contributed by atoms with E-state index >= 15 is 0 Å². The van der Waals surface area contributed by atoms with E-state index in [1.54, 1.807) is 4.90 Å². The maximum Gasteiger partial charge on any atom is 0.322 e. The molecule has 0 unspecified atom stereocenters. The molecule has 0 aliphatic carbocycles. The molecule has 164 valence electrons. The first kappa shape index (κ1) is 21.4. The maximum atomic E-state index is 12.7. The molecule has 4 rings (SSSR count). The van der Waals surface area contributed by atoms with E-state index in [0.29, 0.717) is 13.1 Å². The zero-order valence-corrected chi connectivity index (χ0v) is 18.1. The van der Waals surface area contributed by atoms with Gasteiger partial charge in [0.05, 0.1) is 4.92 Å². The predicted octanol–water partition coefficient (Wildman–Crippen LogP) is 4.20. The molecule has 31 heavy (non-hydrogen) atoms. The van der Waals surface area contributed by atoms with Crippen molar-refractivity contribution < 1.29 is 9.72 Å². The van der Waals surface area contributed by atoms with Crippen molar-refractivity contribution in [3.63, 3.8) is 0 Å². The van der Waals surface area contributed by atoms with Crippen LogP contribution in [0.3, 0.4) is 0 Å². The molecule has 8 nitrogen and oxygen atoms in total. The number of benzene rings is 2. The second-order valence-electron chi connectivity index (χ2n) is 7.93. The Balaban J connectivity index is 1.34. The van der Waals surface area contributed by atoms with Crippen molar-refractivity contribution in [3.05, 3.63) is 63.2 Å². The van der Waals surface area contributed by atoms with Gasteiger partial charge in [-0.2, -0.15) is 0 Å². The quantitative estimate of drug-likeness (QED) is 0.553. The van der Waals surface area contributed by atoms with E-state index in [1.807, 2.05) is 0 Å². The van der Waals surface area contributed by atoms with Crippen LogP contribution in [-0.2, 0) is 6.54 Å². The molecule has 0 bridgehead atoms. The van der Waals surface area contributed by atoms with Gasteiger partial charge in [-0.1, -0.05) is 29.8 Å². The van der Waals surface area contributed by atoms with Crippen LogP contribution >= 0.6 is 11.6 Å². The van der Waals surface area contributed by atoms with Crippen molar-refractivity contribution >= 4 is 34.7 Å². The second-order valence-corrected chi connectivity index (χ2v) is 8.37. The van der Waals surface area contributed by atoms with Crippen molar-refractivity contribution in [1.29, 1.82) is 0 Å². The minimum absolute atomic E-state index is 0.154. The molecule has 2 saturated heterocycles. The minimum atomic E-state index is -0.544. The third kappa shape index (κ3) is 5.08. The van der Waals surface area contributed by atoms with Gasteiger partial charge in [0, 0.05) is 62.6 Å². The van der Waals surface area contributed by atoms with Gasteiger partial charge in [0.15, 0.2) is 0 Å². The highest BCUT2D eigenvalue weighted by Crippen LogP contribution is 2.28. The summed E-state index contributed by atoms with van der Waals surface area (Å²) in [5, 5.41) is 14.2. The lowest BCUT2D eigenvalue weighted by Gasteiger charge is -2.35. The number of halogens is 1. The standard InChI is InChI=1S/C22H26ClN5O3/c23-18-7-8-19(21(15-18)28(30)31)24-22(29)27-13-11-25(12-14-27)16-17-5-1-2-6-20(17)26-9-3-4-10-26/h1-2,5-8,15H,3-4,9-14,16H2,(H,24,29). The number of rotatable bonds is 5. The van der Waals surface area contributed by atoms with E-state index < -0.39 is 4.92 Å². The van der Waals surface area contributed by atoms with Crippen LogP contribution in [0.4, 0.5) is 21.9 Å². The number of piperazine rings is 1.